The minimum atomic E-state index is 0.498. The SMILES string of the molecule is Cc1ccc(NCC(C)c2ccccc2)cn1. The number of nitrogens with one attached hydrogen (secondary N) is 1. The highest BCUT2D eigenvalue weighted by Gasteiger charge is 2.04. The van der Waals surface area contributed by atoms with Crippen molar-refractivity contribution in [1.82, 2.24) is 4.98 Å². The zero-order valence-electron chi connectivity index (χ0n) is 10.4. The number of aromatic nitrogens is 1. The third-order valence-corrected chi connectivity index (χ3v) is 2.89. The summed E-state index contributed by atoms with van der Waals surface area (Å²) in [6.45, 7) is 5.15. The number of hydrogen-bond acceptors (Lipinski definition) is 2. The minimum Gasteiger partial charge on any atom is -0.383 e. The van der Waals surface area contributed by atoms with Crippen molar-refractivity contribution in [1.29, 1.82) is 0 Å². The van der Waals surface area contributed by atoms with E-state index in [9.17, 15) is 0 Å². The Morgan fingerprint density at radius 1 is 1.12 bits per heavy atom. The lowest BCUT2D eigenvalue weighted by Crippen LogP contribution is -2.09. The number of pyridine rings is 1. The molecule has 0 saturated carbocycles. The van der Waals surface area contributed by atoms with Crippen LogP contribution in [0.3, 0.4) is 0 Å². The summed E-state index contributed by atoms with van der Waals surface area (Å²) in [5.74, 6) is 0.498. The second-order valence-electron chi connectivity index (χ2n) is 4.38. The highest BCUT2D eigenvalue weighted by Crippen LogP contribution is 2.15. The van der Waals surface area contributed by atoms with Crippen molar-refractivity contribution in [3.63, 3.8) is 0 Å². The fourth-order valence-electron chi connectivity index (χ4n) is 1.74. The number of hydrogen-bond donors (Lipinski definition) is 1. The van der Waals surface area contributed by atoms with Gasteiger partial charge in [0.2, 0.25) is 0 Å². The smallest absolute Gasteiger partial charge is 0.0527 e. The number of benzene rings is 1. The summed E-state index contributed by atoms with van der Waals surface area (Å²) in [5.41, 5.74) is 3.49. The molecule has 0 bridgehead atoms. The fourth-order valence-corrected chi connectivity index (χ4v) is 1.74. The lowest BCUT2D eigenvalue weighted by atomic mass is 10.0. The topological polar surface area (TPSA) is 24.9 Å². The van der Waals surface area contributed by atoms with Crippen molar-refractivity contribution in [2.24, 2.45) is 0 Å². The fraction of sp³-hybridized carbons (Fsp3) is 0.267. The van der Waals surface area contributed by atoms with Crippen LogP contribution in [0.5, 0.6) is 0 Å². The molecule has 0 aliphatic rings. The van der Waals surface area contributed by atoms with Gasteiger partial charge in [-0.1, -0.05) is 37.3 Å². The molecule has 2 aromatic rings. The van der Waals surface area contributed by atoms with Gasteiger partial charge in [0.05, 0.1) is 11.9 Å². The zero-order valence-corrected chi connectivity index (χ0v) is 10.4. The van der Waals surface area contributed by atoms with Crippen molar-refractivity contribution >= 4 is 5.69 Å². The van der Waals surface area contributed by atoms with Gasteiger partial charge in [0.15, 0.2) is 0 Å². The Morgan fingerprint density at radius 2 is 1.88 bits per heavy atom. The second kappa shape index (κ2) is 5.48. The van der Waals surface area contributed by atoms with Crippen LogP contribution < -0.4 is 5.32 Å². The maximum Gasteiger partial charge on any atom is 0.0527 e. The Labute approximate surface area is 103 Å². The molecule has 0 spiro atoms. The van der Waals surface area contributed by atoms with Gasteiger partial charge in [-0.3, -0.25) is 4.98 Å². The highest BCUT2D eigenvalue weighted by atomic mass is 14.9. The molecule has 1 atom stereocenters. The van der Waals surface area contributed by atoms with Gasteiger partial charge < -0.3 is 5.32 Å². The first-order valence-electron chi connectivity index (χ1n) is 5.97. The van der Waals surface area contributed by atoms with Gasteiger partial charge in [-0.05, 0) is 30.5 Å². The zero-order chi connectivity index (χ0) is 12.1. The van der Waals surface area contributed by atoms with Crippen molar-refractivity contribution in [2.75, 3.05) is 11.9 Å². The predicted octanol–water partition coefficient (Wildman–Crippen LogP) is 3.61. The van der Waals surface area contributed by atoms with Gasteiger partial charge in [0.25, 0.3) is 0 Å². The second-order valence-corrected chi connectivity index (χ2v) is 4.38. The van der Waals surface area contributed by atoms with Gasteiger partial charge >= 0.3 is 0 Å². The van der Waals surface area contributed by atoms with Crippen LogP contribution in [0.15, 0.2) is 48.7 Å². The molecule has 0 aliphatic carbocycles. The molecule has 0 amide bonds. The van der Waals surface area contributed by atoms with E-state index in [0.717, 1.165) is 17.9 Å². The quantitative estimate of drug-likeness (QED) is 0.861. The Morgan fingerprint density at radius 3 is 2.53 bits per heavy atom. The molecule has 0 saturated heterocycles. The molecule has 1 unspecified atom stereocenters. The third kappa shape index (κ3) is 3.31. The predicted molar refractivity (Wildman–Crippen MR) is 72.3 cm³/mol. The average molecular weight is 226 g/mol. The van der Waals surface area contributed by atoms with Crippen LogP contribution in [0.25, 0.3) is 0 Å². The van der Waals surface area contributed by atoms with Crippen molar-refractivity contribution in [3.8, 4) is 0 Å². The van der Waals surface area contributed by atoms with E-state index >= 15 is 0 Å². The monoisotopic (exact) mass is 226 g/mol. The Hall–Kier alpha value is -1.83. The van der Waals surface area contributed by atoms with Crippen LogP contribution in [0.4, 0.5) is 5.69 Å². The van der Waals surface area contributed by atoms with E-state index in [-0.39, 0.29) is 0 Å². The Kier molecular flexibility index (Phi) is 3.76. The van der Waals surface area contributed by atoms with Gasteiger partial charge in [-0.2, -0.15) is 0 Å². The lowest BCUT2D eigenvalue weighted by molar-refractivity contribution is 0.804. The summed E-state index contributed by atoms with van der Waals surface area (Å²) in [5, 5.41) is 3.41. The van der Waals surface area contributed by atoms with E-state index in [1.807, 2.05) is 25.3 Å². The first-order valence-corrected chi connectivity index (χ1v) is 5.97. The number of aryl methyl sites for hydroxylation is 1. The van der Waals surface area contributed by atoms with Gasteiger partial charge in [-0.25, -0.2) is 0 Å². The largest absolute Gasteiger partial charge is 0.383 e. The molecule has 17 heavy (non-hydrogen) atoms. The number of anilines is 1. The number of rotatable bonds is 4. The lowest BCUT2D eigenvalue weighted by Gasteiger charge is -2.13. The first kappa shape index (κ1) is 11.6. The van der Waals surface area contributed by atoms with E-state index < -0.39 is 0 Å². The van der Waals surface area contributed by atoms with Crippen molar-refractivity contribution in [2.45, 2.75) is 19.8 Å². The highest BCUT2D eigenvalue weighted by molar-refractivity contribution is 5.41. The summed E-state index contributed by atoms with van der Waals surface area (Å²) in [6, 6.07) is 14.6. The van der Waals surface area contributed by atoms with Crippen molar-refractivity contribution < 1.29 is 0 Å². The van der Waals surface area contributed by atoms with Crippen LogP contribution in [0, 0.1) is 6.92 Å². The van der Waals surface area contributed by atoms with E-state index in [1.165, 1.54) is 5.56 Å². The average Bonchev–Trinajstić information content (AvgIpc) is 2.39. The third-order valence-electron chi connectivity index (χ3n) is 2.89. The summed E-state index contributed by atoms with van der Waals surface area (Å²) in [6.07, 6.45) is 1.88. The minimum absolute atomic E-state index is 0.498. The first-order chi connectivity index (χ1) is 8.25. The molecular weight excluding hydrogens is 208 g/mol. The molecule has 1 aromatic carbocycles. The van der Waals surface area contributed by atoms with Crippen LogP contribution in [0.1, 0.15) is 24.1 Å². The van der Waals surface area contributed by atoms with E-state index in [1.54, 1.807) is 0 Å². The molecule has 1 heterocycles. The maximum absolute atomic E-state index is 4.27. The Balaban J connectivity index is 1.92. The molecular formula is C15H18N2. The van der Waals surface area contributed by atoms with Crippen molar-refractivity contribution in [3.05, 3.63) is 59.9 Å². The number of nitrogens with zero attached hydrogens (tertiary/aromatic N) is 1. The molecule has 1 N–H and O–H groups in total. The molecule has 0 aliphatic heterocycles. The van der Waals surface area contributed by atoms with E-state index in [4.69, 9.17) is 0 Å². The molecule has 1 aromatic heterocycles. The molecule has 2 rings (SSSR count). The summed E-state index contributed by atoms with van der Waals surface area (Å²) in [7, 11) is 0. The summed E-state index contributed by atoms with van der Waals surface area (Å²) < 4.78 is 0. The van der Waals surface area contributed by atoms with E-state index in [0.29, 0.717) is 5.92 Å². The molecule has 2 heteroatoms. The summed E-state index contributed by atoms with van der Waals surface area (Å²) in [4.78, 5) is 4.27. The molecule has 0 radical (unpaired) electrons. The maximum atomic E-state index is 4.27. The molecule has 2 nitrogen and oxygen atoms in total. The summed E-state index contributed by atoms with van der Waals surface area (Å²) >= 11 is 0. The van der Waals surface area contributed by atoms with Crippen LogP contribution in [-0.2, 0) is 0 Å². The van der Waals surface area contributed by atoms with Gasteiger partial charge in [-0.15, -0.1) is 0 Å². The van der Waals surface area contributed by atoms with Gasteiger partial charge in [0, 0.05) is 12.2 Å². The standard InChI is InChI=1S/C15H18N2/c1-12(14-6-4-3-5-7-14)10-17-15-9-8-13(2)16-11-15/h3-9,11-12,17H,10H2,1-2H3. The van der Waals surface area contributed by atoms with Gasteiger partial charge in [0.1, 0.15) is 0 Å². The van der Waals surface area contributed by atoms with Crippen LogP contribution in [-0.4, -0.2) is 11.5 Å². The molecule has 88 valence electrons. The normalized spacial score (nSPS) is 12.1. The van der Waals surface area contributed by atoms with Crippen LogP contribution in [0.2, 0.25) is 0 Å². The Bertz CT molecular complexity index is 448. The van der Waals surface area contributed by atoms with Crippen LogP contribution >= 0.6 is 0 Å². The molecule has 0 fully saturated rings. The van der Waals surface area contributed by atoms with E-state index in [2.05, 4.69) is 47.6 Å².